The maximum atomic E-state index is 12.9. The molecule has 1 atom stereocenters. The van der Waals surface area contributed by atoms with E-state index in [0.29, 0.717) is 58.9 Å². The van der Waals surface area contributed by atoms with E-state index in [1.807, 2.05) is 6.92 Å². The van der Waals surface area contributed by atoms with E-state index in [1.165, 1.54) is 7.11 Å². The quantitative estimate of drug-likeness (QED) is 0.276. The minimum atomic E-state index is -1.16. The topological polar surface area (TPSA) is 153 Å². The van der Waals surface area contributed by atoms with Gasteiger partial charge in [0, 0.05) is 18.6 Å². The second-order valence-electron chi connectivity index (χ2n) is 8.12. The van der Waals surface area contributed by atoms with Gasteiger partial charge < -0.3 is 35.5 Å². The predicted octanol–water partition coefficient (Wildman–Crippen LogP) is 3.18. The number of aromatic carboxylic acids is 1. The van der Waals surface area contributed by atoms with Crippen molar-refractivity contribution in [2.45, 2.75) is 32.7 Å². The molecule has 0 saturated carbocycles. The molecule has 36 heavy (non-hydrogen) atoms. The number of pyridine rings is 1. The van der Waals surface area contributed by atoms with E-state index < -0.39 is 5.97 Å². The Kier molecular flexibility index (Phi) is 8.91. The number of hydrogen-bond acceptors (Lipinski definition) is 8. The fourth-order valence-electron chi connectivity index (χ4n) is 3.73. The molecule has 0 bridgehead atoms. The highest BCUT2D eigenvalue weighted by Crippen LogP contribution is 2.33. The molecule has 0 fully saturated rings. The Hall–Kier alpha value is -4.05. The number of rotatable bonds is 12. The lowest BCUT2D eigenvalue weighted by Crippen LogP contribution is -2.38. The summed E-state index contributed by atoms with van der Waals surface area (Å²) in [4.78, 5) is 28.9. The molecule has 3 aromatic rings. The molecule has 0 unspecified atom stereocenters. The highest BCUT2D eigenvalue weighted by Gasteiger charge is 2.20. The average Bonchev–Trinajstić information content (AvgIpc) is 2.86. The van der Waals surface area contributed by atoms with Gasteiger partial charge in [0.2, 0.25) is 0 Å². The second-order valence-corrected chi connectivity index (χ2v) is 8.12. The number of aromatic nitrogens is 1. The number of hydrogen-bond donors (Lipinski definition) is 4. The van der Waals surface area contributed by atoms with Gasteiger partial charge in [0.15, 0.2) is 11.5 Å². The number of carbonyl (C=O) groups excluding carboxylic acids is 1. The van der Waals surface area contributed by atoms with Crippen molar-refractivity contribution in [3.8, 4) is 17.2 Å². The monoisotopic (exact) mass is 497 g/mol. The Morgan fingerprint density at radius 3 is 2.58 bits per heavy atom. The highest BCUT2D eigenvalue weighted by atomic mass is 16.5. The van der Waals surface area contributed by atoms with Crippen LogP contribution in [0.3, 0.4) is 0 Å². The van der Waals surface area contributed by atoms with Crippen LogP contribution >= 0.6 is 0 Å². The number of carbonyl (C=O) groups is 2. The van der Waals surface area contributed by atoms with Crippen LogP contribution in [0.5, 0.6) is 17.2 Å². The van der Waals surface area contributed by atoms with Crippen LogP contribution in [0, 0.1) is 6.92 Å². The molecule has 0 saturated heterocycles. The normalized spacial score (nSPS) is 11.7. The van der Waals surface area contributed by atoms with E-state index in [0.717, 1.165) is 0 Å². The molecule has 2 aromatic carbocycles. The largest absolute Gasteiger partial charge is 0.493 e. The number of fused-ring (bicyclic) bond motifs is 1. The number of amides is 1. The lowest BCUT2D eigenvalue weighted by molar-refractivity contribution is 0.0696. The van der Waals surface area contributed by atoms with Crippen molar-refractivity contribution in [2.24, 2.45) is 0 Å². The number of methoxy groups -OCH3 is 1. The third-order valence-electron chi connectivity index (χ3n) is 5.66. The summed E-state index contributed by atoms with van der Waals surface area (Å²) in [5, 5.41) is 21.8. The molecule has 5 N–H and O–H groups in total. The molecule has 10 nitrogen and oxygen atoms in total. The first-order valence-electron chi connectivity index (χ1n) is 11.6. The summed E-state index contributed by atoms with van der Waals surface area (Å²) in [6, 6.07) is 9.71. The van der Waals surface area contributed by atoms with Gasteiger partial charge in [0.05, 0.1) is 42.0 Å². The molecule has 0 aliphatic carbocycles. The van der Waals surface area contributed by atoms with Gasteiger partial charge in [-0.2, -0.15) is 0 Å². The Morgan fingerprint density at radius 2 is 1.92 bits per heavy atom. The number of ether oxygens (including phenoxy) is 3. The molecule has 1 amide bonds. The van der Waals surface area contributed by atoms with E-state index >= 15 is 0 Å². The summed E-state index contributed by atoms with van der Waals surface area (Å²) in [6.07, 6.45) is 1.07. The van der Waals surface area contributed by atoms with Crippen molar-refractivity contribution < 1.29 is 34.0 Å². The maximum absolute atomic E-state index is 12.9. The van der Waals surface area contributed by atoms with Gasteiger partial charge >= 0.3 is 5.97 Å². The Bertz CT molecular complexity index is 1250. The first-order chi connectivity index (χ1) is 17.3. The zero-order valence-corrected chi connectivity index (χ0v) is 20.5. The zero-order chi connectivity index (χ0) is 26.2. The molecule has 0 spiro atoms. The summed E-state index contributed by atoms with van der Waals surface area (Å²) >= 11 is 0. The van der Waals surface area contributed by atoms with E-state index in [9.17, 15) is 14.7 Å². The summed E-state index contributed by atoms with van der Waals surface area (Å²) in [5.74, 6) is -0.190. The number of nitrogens with two attached hydrogens (primary N) is 1. The van der Waals surface area contributed by atoms with Crippen LogP contribution in [-0.4, -0.2) is 60.0 Å². The number of carboxylic acid groups (broad SMARTS) is 1. The minimum Gasteiger partial charge on any atom is -0.493 e. The molecule has 192 valence electrons. The molecule has 10 heteroatoms. The summed E-state index contributed by atoms with van der Waals surface area (Å²) in [6.45, 7) is 3.99. The smallest absolute Gasteiger partial charge is 0.339 e. The average molecular weight is 498 g/mol. The van der Waals surface area contributed by atoms with Gasteiger partial charge in [-0.3, -0.25) is 9.78 Å². The van der Waals surface area contributed by atoms with Gasteiger partial charge in [-0.05, 0) is 43.7 Å². The van der Waals surface area contributed by atoms with Crippen LogP contribution in [0.2, 0.25) is 0 Å². The number of aliphatic hydroxyl groups is 1. The summed E-state index contributed by atoms with van der Waals surface area (Å²) < 4.78 is 16.9. The van der Waals surface area contributed by atoms with Crippen molar-refractivity contribution in [3.05, 3.63) is 53.2 Å². The molecule has 0 aliphatic rings. The summed E-state index contributed by atoms with van der Waals surface area (Å²) in [7, 11) is 1.49. The van der Waals surface area contributed by atoms with E-state index in [4.69, 9.17) is 25.1 Å². The number of nitrogens with zero attached hydrogens (tertiary/aromatic N) is 1. The fraction of sp³-hybridized carbons (Fsp3) is 0.346. The third-order valence-corrected chi connectivity index (χ3v) is 5.66. The molecule has 3 rings (SSSR count). The van der Waals surface area contributed by atoms with Crippen molar-refractivity contribution in [1.82, 2.24) is 10.3 Å². The Morgan fingerprint density at radius 1 is 1.14 bits per heavy atom. The van der Waals surface area contributed by atoms with Crippen molar-refractivity contribution in [2.75, 3.05) is 32.7 Å². The lowest BCUT2D eigenvalue weighted by Gasteiger charge is -2.20. The molecule has 0 aliphatic heterocycles. The van der Waals surface area contributed by atoms with Crippen LogP contribution < -0.4 is 25.3 Å². The molecular formula is C26H31N3O7. The van der Waals surface area contributed by atoms with E-state index in [2.05, 4.69) is 10.3 Å². The Labute approximate surface area is 209 Å². The Balaban J connectivity index is 1.75. The highest BCUT2D eigenvalue weighted by molar-refractivity contribution is 6.06. The van der Waals surface area contributed by atoms with Crippen molar-refractivity contribution in [3.63, 3.8) is 0 Å². The second kappa shape index (κ2) is 12.1. The number of aliphatic hydroxyl groups excluding tert-OH is 1. The van der Waals surface area contributed by atoms with E-state index in [1.54, 1.807) is 43.3 Å². The number of anilines is 1. The predicted molar refractivity (Wildman–Crippen MR) is 135 cm³/mol. The fourth-order valence-corrected chi connectivity index (χ4v) is 3.73. The minimum absolute atomic E-state index is 0.0194. The SMILES string of the molecule is CC[C@@H](COc1cccc2nc(C)c(C(=O)O)c(N)c12)NC(=O)c1ccc(OCCCO)c(OC)c1. The van der Waals surface area contributed by atoms with Gasteiger partial charge in [-0.15, -0.1) is 0 Å². The van der Waals surface area contributed by atoms with Crippen molar-refractivity contribution in [1.29, 1.82) is 0 Å². The summed E-state index contributed by atoms with van der Waals surface area (Å²) in [5.41, 5.74) is 7.46. The number of nitrogens with one attached hydrogen (secondary N) is 1. The lowest BCUT2D eigenvalue weighted by atomic mass is 10.1. The van der Waals surface area contributed by atoms with Crippen LogP contribution in [0.4, 0.5) is 5.69 Å². The van der Waals surface area contributed by atoms with Gasteiger partial charge in [0.1, 0.15) is 17.9 Å². The van der Waals surface area contributed by atoms with Crippen LogP contribution in [0.25, 0.3) is 10.9 Å². The van der Waals surface area contributed by atoms with Crippen LogP contribution in [0.1, 0.15) is 46.2 Å². The maximum Gasteiger partial charge on any atom is 0.339 e. The number of carboxylic acids is 1. The molecule has 0 radical (unpaired) electrons. The standard InChI is InChI=1S/C26H31N3O7/c1-4-17(29-25(31)16-9-10-19(21(13-16)34-3)35-12-6-11-30)14-36-20-8-5-7-18-23(20)24(27)22(26(32)33)15(2)28-18/h5,7-10,13,17,30H,4,6,11-12,14H2,1-3H3,(H2,27,28)(H,29,31)(H,32,33)/t17-/m0/s1. The first-order valence-corrected chi connectivity index (χ1v) is 11.6. The third kappa shape index (κ3) is 5.95. The van der Waals surface area contributed by atoms with Crippen LogP contribution in [0.15, 0.2) is 36.4 Å². The number of nitrogen functional groups attached to an aromatic ring is 1. The number of aryl methyl sites for hydroxylation is 1. The number of benzene rings is 2. The van der Waals surface area contributed by atoms with Crippen molar-refractivity contribution >= 4 is 28.5 Å². The zero-order valence-electron chi connectivity index (χ0n) is 20.5. The molecular weight excluding hydrogens is 466 g/mol. The van der Waals surface area contributed by atoms with Gasteiger partial charge in [0.25, 0.3) is 5.91 Å². The molecule has 1 aromatic heterocycles. The van der Waals surface area contributed by atoms with Gasteiger partial charge in [-0.25, -0.2) is 4.79 Å². The van der Waals surface area contributed by atoms with Gasteiger partial charge in [-0.1, -0.05) is 13.0 Å². The van der Waals surface area contributed by atoms with Crippen LogP contribution in [-0.2, 0) is 0 Å². The first kappa shape index (κ1) is 26.6. The molecule has 1 heterocycles. The van der Waals surface area contributed by atoms with E-state index in [-0.39, 0.29) is 36.4 Å².